The standard InChI is InChI=1S/C4H6N2.C4H11O3P/c1-6-3-2-5-4-6;1-2-3-4-7-8(5)6/h2-4H,1H3;8H,2-4H2,1H3,(H,5,6). The number of aromatic nitrogens is 2. The summed E-state index contributed by atoms with van der Waals surface area (Å²) in [5.74, 6) is 0. The quantitative estimate of drug-likeness (QED) is 0.618. The third kappa shape index (κ3) is 9.45. The third-order valence-electron chi connectivity index (χ3n) is 1.36. The summed E-state index contributed by atoms with van der Waals surface area (Å²) in [4.78, 5) is 11.9. The first-order chi connectivity index (χ1) is 6.66. The summed E-state index contributed by atoms with van der Waals surface area (Å²) in [6, 6.07) is 0. The molecule has 14 heavy (non-hydrogen) atoms. The number of rotatable bonds is 4. The SMILES string of the molecule is CCCCO[PH](=O)O.Cn1ccnc1. The topological polar surface area (TPSA) is 64.3 Å². The second kappa shape index (κ2) is 8.94. The molecule has 1 aromatic heterocycles. The number of imidazole rings is 1. The van der Waals surface area contributed by atoms with Gasteiger partial charge in [0.2, 0.25) is 0 Å². The molecule has 5 nitrogen and oxygen atoms in total. The van der Waals surface area contributed by atoms with Crippen LogP contribution < -0.4 is 0 Å². The zero-order chi connectivity index (χ0) is 10.8. The molecule has 0 aliphatic heterocycles. The summed E-state index contributed by atoms with van der Waals surface area (Å²) in [5, 5.41) is 0. The summed E-state index contributed by atoms with van der Waals surface area (Å²) >= 11 is 0. The molecule has 0 aliphatic rings. The molecule has 6 heteroatoms. The van der Waals surface area contributed by atoms with Crippen molar-refractivity contribution in [3.05, 3.63) is 18.7 Å². The van der Waals surface area contributed by atoms with Crippen LogP contribution in [-0.2, 0) is 16.1 Å². The minimum atomic E-state index is -2.66. The van der Waals surface area contributed by atoms with Gasteiger partial charge in [-0.15, -0.1) is 0 Å². The van der Waals surface area contributed by atoms with Crippen molar-refractivity contribution in [2.24, 2.45) is 7.05 Å². The van der Waals surface area contributed by atoms with Crippen LogP contribution in [0.25, 0.3) is 0 Å². The van der Waals surface area contributed by atoms with Crippen molar-refractivity contribution in [1.82, 2.24) is 9.55 Å². The highest BCUT2D eigenvalue weighted by Crippen LogP contribution is 2.14. The van der Waals surface area contributed by atoms with E-state index in [9.17, 15) is 4.57 Å². The van der Waals surface area contributed by atoms with Crippen molar-refractivity contribution in [3.8, 4) is 0 Å². The van der Waals surface area contributed by atoms with Gasteiger partial charge in [0.25, 0.3) is 0 Å². The van der Waals surface area contributed by atoms with Crippen LogP contribution in [0.5, 0.6) is 0 Å². The molecule has 1 unspecified atom stereocenters. The average molecular weight is 220 g/mol. The fourth-order valence-corrected chi connectivity index (χ4v) is 0.949. The first-order valence-electron chi connectivity index (χ1n) is 4.44. The minimum absolute atomic E-state index is 0.408. The molecule has 0 saturated carbocycles. The van der Waals surface area contributed by atoms with Crippen LogP contribution in [0, 0.1) is 0 Å². The molecule has 0 bridgehead atoms. The highest BCUT2D eigenvalue weighted by molar-refractivity contribution is 7.32. The van der Waals surface area contributed by atoms with Crippen LogP contribution in [0.3, 0.4) is 0 Å². The van der Waals surface area contributed by atoms with Crippen LogP contribution in [0.15, 0.2) is 18.7 Å². The van der Waals surface area contributed by atoms with Crippen molar-refractivity contribution in [1.29, 1.82) is 0 Å². The normalized spacial score (nSPS) is 11.6. The van der Waals surface area contributed by atoms with Gasteiger partial charge in [0.15, 0.2) is 0 Å². The van der Waals surface area contributed by atoms with E-state index in [-0.39, 0.29) is 0 Å². The average Bonchev–Trinajstić information content (AvgIpc) is 2.57. The van der Waals surface area contributed by atoms with Gasteiger partial charge >= 0.3 is 8.25 Å². The van der Waals surface area contributed by atoms with Gasteiger partial charge in [-0.3, -0.25) is 4.57 Å². The molecule has 1 rings (SSSR count). The fraction of sp³-hybridized carbons (Fsp3) is 0.625. The zero-order valence-corrected chi connectivity index (χ0v) is 9.51. The molecular formula is C8H17N2O3P. The Morgan fingerprint density at radius 3 is 2.64 bits per heavy atom. The Morgan fingerprint density at radius 2 is 2.36 bits per heavy atom. The van der Waals surface area contributed by atoms with Crippen molar-refractivity contribution in [3.63, 3.8) is 0 Å². The van der Waals surface area contributed by atoms with Gasteiger partial charge in [-0.2, -0.15) is 0 Å². The van der Waals surface area contributed by atoms with Crippen LogP contribution in [0.2, 0.25) is 0 Å². The summed E-state index contributed by atoms with van der Waals surface area (Å²) < 4.78 is 16.1. The maximum atomic E-state index is 9.84. The molecule has 0 fully saturated rings. The van der Waals surface area contributed by atoms with Gasteiger partial charge < -0.3 is 14.0 Å². The molecule has 0 aromatic carbocycles. The van der Waals surface area contributed by atoms with Crippen molar-refractivity contribution in [2.75, 3.05) is 6.61 Å². The van der Waals surface area contributed by atoms with Crippen molar-refractivity contribution < 1.29 is 14.0 Å². The summed E-state index contributed by atoms with van der Waals surface area (Å²) in [7, 11) is -0.720. The first-order valence-corrected chi connectivity index (χ1v) is 5.70. The number of aryl methyl sites for hydroxylation is 1. The molecule has 0 aliphatic carbocycles. The molecule has 82 valence electrons. The highest BCUT2D eigenvalue weighted by atomic mass is 31.1. The van der Waals surface area contributed by atoms with E-state index in [1.807, 2.05) is 24.7 Å². The van der Waals surface area contributed by atoms with E-state index in [0.29, 0.717) is 6.61 Å². The predicted octanol–water partition coefficient (Wildman–Crippen LogP) is 1.61. The molecule has 0 radical (unpaired) electrons. The molecular weight excluding hydrogens is 203 g/mol. The third-order valence-corrected chi connectivity index (χ3v) is 1.81. The second-order valence-electron chi connectivity index (χ2n) is 2.70. The molecule has 1 N–H and O–H groups in total. The molecule has 0 spiro atoms. The van der Waals surface area contributed by atoms with Gasteiger partial charge in [-0.25, -0.2) is 4.98 Å². The summed E-state index contributed by atoms with van der Waals surface area (Å²) in [6.45, 7) is 2.41. The Bertz CT molecular complexity index is 239. The first kappa shape index (κ1) is 13.4. The van der Waals surface area contributed by atoms with Gasteiger partial charge in [0.1, 0.15) is 0 Å². The Labute approximate surface area is 84.7 Å². The predicted molar refractivity (Wildman–Crippen MR) is 55.3 cm³/mol. The van der Waals surface area contributed by atoms with E-state index in [1.54, 1.807) is 12.5 Å². The number of hydrogen-bond donors (Lipinski definition) is 1. The lowest BCUT2D eigenvalue weighted by Crippen LogP contribution is -1.82. The molecule has 1 atom stereocenters. The molecule has 0 amide bonds. The Hall–Kier alpha value is -0.640. The maximum absolute atomic E-state index is 9.84. The van der Waals surface area contributed by atoms with Gasteiger partial charge in [0, 0.05) is 19.4 Å². The van der Waals surface area contributed by atoms with Gasteiger partial charge in [-0.05, 0) is 6.42 Å². The zero-order valence-electron chi connectivity index (χ0n) is 8.51. The largest absolute Gasteiger partial charge is 0.341 e. The molecule has 1 aromatic rings. The number of unbranched alkanes of at least 4 members (excludes halogenated alkanes) is 1. The van der Waals surface area contributed by atoms with Crippen molar-refractivity contribution in [2.45, 2.75) is 19.8 Å². The van der Waals surface area contributed by atoms with E-state index in [4.69, 9.17) is 4.89 Å². The summed E-state index contributed by atoms with van der Waals surface area (Å²) in [5.41, 5.74) is 0. The van der Waals surface area contributed by atoms with Crippen LogP contribution >= 0.6 is 8.25 Å². The van der Waals surface area contributed by atoms with Crippen LogP contribution in [-0.4, -0.2) is 21.1 Å². The number of nitrogens with zero attached hydrogens (tertiary/aromatic N) is 2. The summed E-state index contributed by atoms with van der Waals surface area (Å²) in [6.07, 6.45) is 7.24. The Kier molecular flexibility index (Phi) is 8.53. The molecule has 0 saturated heterocycles. The lowest BCUT2D eigenvalue weighted by atomic mass is 10.4. The van der Waals surface area contributed by atoms with Gasteiger partial charge in [0.05, 0.1) is 12.9 Å². The van der Waals surface area contributed by atoms with Crippen LogP contribution in [0.4, 0.5) is 0 Å². The Morgan fingerprint density at radius 1 is 1.64 bits per heavy atom. The lowest BCUT2D eigenvalue weighted by molar-refractivity contribution is 0.276. The van der Waals surface area contributed by atoms with E-state index in [2.05, 4.69) is 9.51 Å². The monoisotopic (exact) mass is 220 g/mol. The highest BCUT2D eigenvalue weighted by Gasteiger charge is 1.88. The van der Waals surface area contributed by atoms with E-state index in [0.717, 1.165) is 12.8 Å². The maximum Gasteiger partial charge on any atom is 0.316 e. The van der Waals surface area contributed by atoms with E-state index >= 15 is 0 Å². The fourth-order valence-electron chi connectivity index (χ4n) is 0.630. The lowest BCUT2D eigenvalue weighted by Gasteiger charge is -1.94. The number of hydrogen-bond acceptors (Lipinski definition) is 3. The van der Waals surface area contributed by atoms with Crippen molar-refractivity contribution >= 4 is 8.25 Å². The molecule has 1 heterocycles. The van der Waals surface area contributed by atoms with Crippen LogP contribution in [0.1, 0.15) is 19.8 Å². The second-order valence-corrected chi connectivity index (χ2v) is 3.52. The van der Waals surface area contributed by atoms with Gasteiger partial charge in [-0.1, -0.05) is 13.3 Å². The van der Waals surface area contributed by atoms with E-state index < -0.39 is 8.25 Å². The Balaban J connectivity index is 0.000000249. The van der Waals surface area contributed by atoms with E-state index in [1.165, 1.54) is 0 Å². The smallest absolute Gasteiger partial charge is 0.316 e. The minimum Gasteiger partial charge on any atom is -0.341 e.